The molecule has 0 spiro atoms. The molecule has 2 bridgehead atoms. The smallest absolute Gasteiger partial charge is 0.316 e. The molecule has 2 aromatic carbocycles. The third-order valence-electron chi connectivity index (χ3n) is 8.67. The Hall–Kier alpha value is -3.48. The van der Waals surface area contributed by atoms with Crippen molar-refractivity contribution in [3.05, 3.63) is 53.1 Å². The van der Waals surface area contributed by atoms with E-state index in [1.54, 1.807) is 23.1 Å². The summed E-state index contributed by atoms with van der Waals surface area (Å²) in [6.07, 6.45) is 3.18. The van der Waals surface area contributed by atoms with Gasteiger partial charge in [-0.3, -0.25) is 19.2 Å². The predicted octanol–water partition coefficient (Wildman–Crippen LogP) is 4.11. The molecule has 4 aliphatic rings. The molecule has 2 aromatic rings. The monoisotopic (exact) mass is 486 g/mol. The van der Waals surface area contributed by atoms with Gasteiger partial charge in [0.25, 0.3) is 0 Å². The summed E-state index contributed by atoms with van der Waals surface area (Å²) in [5.74, 6) is -0.612. The number of ether oxygens (including phenoxy) is 1. The van der Waals surface area contributed by atoms with Gasteiger partial charge < -0.3 is 9.64 Å². The van der Waals surface area contributed by atoms with Crippen molar-refractivity contribution in [3.63, 3.8) is 0 Å². The van der Waals surface area contributed by atoms with Crippen LogP contribution in [0.4, 0.5) is 11.4 Å². The highest BCUT2D eigenvalue weighted by atomic mass is 16.5. The average molecular weight is 487 g/mol. The molecular weight excluding hydrogens is 456 g/mol. The minimum atomic E-state index is -0.561. The van der Waals surface area contributed by atoms with Crippen LogP contribution in [0.25, 0.3) is 0 Å². The van der Waals surface area contributed by atoms with Gasteiger partial charge in [-0.1, -0.05) is 12.1 Å². The number of aryl methyl sites for hydroxylation is 3. The molecule has 36 heavy (non-hydrogen) atoms. The molecule has 4 fully saturated rings. The lowest BCUT2D eigenvalue weighted by Gasteiger charge is -2.20. The van der Waals surface area contributed by atoms with Crippen LogP contribution in [0.2, 0.25) is 0 Å². The number of rotatable bonds is 4. The largest absolute Gasteiger partial charge is 0.426 e. The molecule has 2 aliphatic heterocycles. The van der Waals surface area contributed by atoms with Crippen LogP contribution in [0, 0.1) is 50.4 Å². The van der Waals surface area contributed by atoms with Crippen LogP contribution >= 0.6 is 0 Å². The lowest BCUT2D eigenvalue weighted by atomic mass is 9.81. The number of esters is 1. The molecule has 2 saturated heterocycles. The minimum Gasteiger partial charge on any atom is -0.426 e. The maximum atomic E-state index is 13.2. The van der Waals surface area contributed by atoms with Crippen molar-refractivity contribution in [2.24, 2.45) is 29.6 Å². The van der Waals surface area contributed by atoms with Gasteiger partial charge in [-0.25, -0.2) is 4.90 Å². The van der Waals surface area contributed by atoms with Gasteiger partial charge in [-0.15, -0.1) is 0 Å². The third kappa shape index (κ3) is 3.47. The normalized spacial score (nSPS) is 28.9. The van der Waals surface area contributed by atoms with Gasteiger partial charge in [-0.05, 0) is 92.8 Å². The number of nitrogens with zero attached hydrogens (tertiary/aromatic N) is 2. The van der Waals surface area contributed by atoms with E-state index in [0.29, 0.717) is 28.8 Å². The van der Waals surface area contributed by atoms with Crippen molar-refractivity contribution >= 4 is 35.1 Å². The lowest BCUT2D eigenvalue weighted by Crippen LogP contribution is -2.33. The third-order valence-corrected chi connectivity index (χ3v) is 8.67. The van der Waals surface area contributed by atoms with Gasteiger partial charge in [0.15, 0.2) is 0 Å². The topological polar surface area (TPSA) is 84.0 Å². The van der Waals surface area contributed by atoms with Crippen LogP contribution in [0.1, 0.15) is 42.4 Å². The number of hydrogen-bond donors (Lipinski definition) is 0. The van der Waals surface area contributed by atoms with E-state index in [9.17, 15) is 19.2 Å². The second-order valence-electron chi connectivity index (χ2n) is 11.0. The van der Waals surface area contributed by atoms with Crippen LogP contribution in [0.5, 0.6) is 5.75 Å². The zero-order valence-electron chi connectivity index (χ0n) is 20.8. The molecule has 0 N–H and O–H groups in total. The Bertz CT molecular complexity index is 1290. The molecule has 3 amide bonds. The molecule has 2 heterocycles. The van der Waals surface area contributed by atoms with Crippen LogP contribution in [0.3, 0.4) is 0 Å². The van der Waals surface area contributed by atoms with Crippen LogP contribution in [-0.2, 0) is 19.2 Å². The van der Waals surface area contributed by atoms with E-state index in [1.807, 2.05) is 39.0 Å². The summed E-state index contributed by atoms with van der Waals surface area (Å²) in [5.41, 5.74) is 4.13. The summed E-state index contributed by atoms with van der Waals surface area (Å²) >= 11 is 0. The van der Waals surface area contributed by atoms with E-state index < -0.39 is 11.9 Å². The molecule has 7 nitrogen and oxygen atoms in total. The first kappa shape index (κ1) is 23.0. The zero-order valence-corrected chi connectivity index (χ0v) is 20.8. The van der Waals surface area contributed by atoms with Gasteiger partial charge in [0.05, 0.1) is 23.4 Å². The standard InChI is InChI=1S/C29H30N2O5/c1-15-4-5-16(2)23(10-15)30-14-20(13-24(30)32)29(35)36-21-8-9-22(17(3)11-21)31-27(33)25-18-6-7-19(12-18)26(25)28(31)34/h4-5,8-11,18-20,25-26H,6-7,12-14H2,1-3H3/t18-,19-,20-,25-,26+/m0/s1. The summed E-state index contributed by atoms with van der Waals surface area (Å²) < 4.78 is 5.65. The van der Waals surface area contributed by atoms with Crippen LogP contribution < -0.4 is 14.5 Å². The van der Waals surface area contributed by atoms with Gasteiger partial charge in [0.2, 0.25) is 17.7 Å². The number of carbonyl (C=O) groups is 4. The molecule has 5 atom stereocenters. The average Bonchev–Trinajstić information content (AvgIpc) is 3.60. The maximum Gasteiger partial charge on any atom is 0.316 e. The number of amides is 3. The summed E-state index contributed by atoms with van der Waals surface area (Å²) in [6.45, 7) is 6.02. The summed E-state index contributed by atoms with van der Waals surface area (Å²) in [5, 5.41) is 0. The van der Waals surface area contributed by atoms with Crippen LogP contribution in [0.15, 0.2) is 36.4 Å². The van der Waals surface area contributed by atoms with Crippen molar-refractivity contribution < 1.29 is 23.9 Å². The first-order chi connectivity index (χ1) is 17.2. The van der Waals surface area contributed by atoms with Crippen molar-refractivity contribution in [1.82, 2.24) is 0 Å². The molecule has 0 aromatic heterocycles. The number of fused-ring (bicyclic) bond motifs is 5. The molecular formula is C29H30N2O5. The fourth-order valence-corrected chi connectivity index (χ4v) is 6.90. The highest BCUT2D eigenvalue weighted by molar-refractivity contribution is 6.23. The highest BCUT2D eigenvalue weighted by Crippen LogP contribution is 2.56. The Morgan fingerprint density at radius 2 is 1.56 bits per heavy atom. The Kier molecular flexibility index (Phi) is 5.28. The van der Waals surface area contributed by atoms with Crippen molar-refractivity contribution in [2.45, 2.75) is 46.5 Å². The van der Waals surface area contributed by atoms with Crippen molar-refractivity contribution in [2.75, 3.05) is 16.3 Å². The second-order valence-corrected chi connectivity index (χ2v) is 11.0. The predicted molar refractivity (Wildman–Crippen MR) is 133 cm³/mol. The van der Waals surface area contributed by atoms with Crippen molar-refractivity contribution in [1.29, 1.82) is 0 Å². The molecule has 6 rings (SSSR count). The fourth-order valence-electron chi connectivity index (χ4n) is 6.90. The summed E-state index contributed by atoms with van der Waals surface area (Å²) in [7, 11) is 0. The van der Waals surface area contributed by atoms with Crippen molar-refractivity contribution in [3.8, 4) is 5.75 Å². The quantitative estimate of drug-likeness (QED) is 0.369. The first-order valence-corrected chi connectivity index (χ1v) is 12.8. The zero-order chi connectivity index (χ0) is 25.3. The molecule has 7 heteroatoms. The molecule has 0 radical (unpaired) electrons. The summed E-state index contributed by atoms with van der Waals surface area (Å²) in [6, 6.07) is 10.9. The van der Waals surface area contributed by atoms with E-state index >= 15 is 0 Å². The Morgan fingerprint density at radius 3 is 2.22 bits per heavy atom. The fraction of sp³-hybridized carbons (Fsp3) is 0.448. The molecule has 2 aliphatic carbocycles. The number of benzene rings is 2. The number of anilines is 2. The van der Waals surface area contributed by atoms with Gasteiger partial charge in [0, 0.05) is 18.7 Å². The lowest BCUT2D eigenvalue weighted by molar-refractivity contribution is -0.139. The summed E-state index contributed by atoms with van der Waals surface area (Å²) in [4.78, 5) is 55.0. The minimum absolute atomic E-state index is 0.0824. The van der Waals surface area contributed by atoms with E-state index in [4.69, 9.17) is 4.74 Å². The Balaban J connectivity index is 1.16. The number of carbonyl (C=O) groups excluding carboxylic acids is 4. The maximum absolute atomic E-state index is 13.2. The molecule has 0 unspecified atom stereocenters. The van der Waals surface area contributed by atoms with Gasteiger partial charge >= 0.3 is 5.97 Å². The first-order valence-electron chi connectivity index (χ1n) is 12.8. The van der Waals surface area contributed by atoms with E-state index in [2.05, 4.69) is 0 Å². The molecule has 186 valence electrons. The SMILES string of the molecule is Cc1ccc(C)c(N2C[C@@H](C(=O)Oc3ccc(N4C(=O)[C@@H]5[C@H]6CC[C@@H](C6)[C@@H]5C4=O)c(C)c3)CC2=O)c1. The number of imide groups is 1. The second kappa shape index (κ2) is 8.29. The van der Waals surface area contributed by atoms with Gasteiger partial charge in [-0.2, -0.15) is 0 Å². The Labute approximate surface area is 210 Å². The highest BCUT2D eigenvalue weighted by Gasteiger charge is 2.61. The van der Waals surface area contributed by atoms with Crippen LogP contribution in [-0.4, -0.2) is 30.2 Å². The number of hydrogen-bond acceptors (Lipinski definition) is 5. The van der Waals surface area contributed by atoms with E-state index in [1.165, 1.54) is 4.90 Å². The Morgan fingerprint density at radius 1 is 0.861 bits per heavy atom. The van der Waals surface area contributed by atoms with Gasteiger partial charge in [0.1, 0.15) is 5.75 Å². The van der Waals surface area contributed by atoms with E-state index in [-0.39, 0.29) is 42.5 Å². The van der Waals surface area contributed by atoms with E-state index in [0.717, 1.165) is 36.1 Å². The molecule has 2 saturated carbocycles.